The Kier molecular flexibility index (Phi) is 4.20. The van der Waals surface area contributed by atoms with Crippen LogP contribution in [-0.2, 0) is 4.74 Å². The lowest BCUT2D eigenvalue weighted by atomic mass is 9.97. The Bertz CT molecular complexity index is 143. The Morgan fingerprint density at radius 3 is 2.31 bits per heavy atom. The first-order chi connectivity index (χ1) is 6.15. The number of ether oxygens (including phenoxy) is 1. The standard InChI is InChI=1S/C11H23NO/c1-8(2)13-7-11(12-4)9(3)10-5-6-10/h8-12H,5-7H2,1-4H3. The van der Waals surface area contributed by atoms with E-state index in [1.165, 1.54) is 12.8 Å². The van der Waals surface area contributed by atoms with E-state index in [0.717, 1.165) is 18.4 Å². The smallest absolute Gasteiger partial charge is 0.0625 e. The van der Waals surface area contributed by atoms with Crippen LogP contribution in [0.5, 0.6) is 0 Å². The molecular formula is C11H23NO. The maximum absolute atomic E-state index is 5.63. The average Bonchev–Trinajstić information content (AvgIpc) is 2.86. The maximum Gasteiger partial charge on any atom is 0.0625 e. The van der Waals surface area contributed by atoms with Crippen molar-refractivity contribution in [2.45, 2.75) is 45.8 Å². The summed E-state index contributed by atoms with van der Waals surface area (Å²) in [5.74, 6) is 1.72. The van der Waals surface area contributed by atoms with Crippen molar-refractivity contribution >= 4 is 0 Å². The quantitative estimate of drug-likeness (QED) is 0.684. The minimum Gasteiger partial charge on any atom is -0.377 e. The summed E-state index contributed by atoms with van der Waals surface area (Å²) in [5.41, 5.74) is 0. The van der Waals surface area contributed by atoms with Gasteiger partial charge in [-0.25, -0.2) is 0 Å². The van der Waals surface area contributed by atoms with Gasteiger partial charge in [0.1, 0.15) is 0 Å². The molecule has 0 bridgehead atoms. The molecule has 0 aromatic rings. The van der Waals surface area contributed by atoms with Gasteiger partial charge in [-0.1, -0.05) is 6.92 Å². The monoisotopic (exact) mass is 185 g/mol. The van der Waals surface area contributed by atoms with Gasteiger partial charge in [0.25, 0.3) is 0 Å². The fraction of sp³-hybridized carbons (Fsp3) is 1.00. The molecular weight excluding hydrogens is 162 g/mol. The molecule has 0 aromatic heterocycles. The largest absolute Gasteiger partial charge is 0.377 e. The molecule has 2 nitrogen and oxygen atoms in total. The Hall–Kier alpha value is -0.0800. The molecule has 78 valence electrons. The Balaban J connectivity index is 2.24. The van der Waals surface area contributed by atoms with Crippen LogP contribution < -0.4 is 5.32 Å². The van der Waals surface area contributed by atoms with E-state index in [9.17, 15) is 0 Å². The van der Waals surface area contributed by atoms with Crippen molar-refractivity contribution in [2.24, 2.45) is 11.8 Å². The Morgan fingerprint density at radius 1 is 1.31 bits per heavy atom. The van der Waals surface area contributed by atoms with Gasteiger partial charge >= 0.3 is 0 Å². The molecule has 2 heteroatoms. The molecule has 1 aliphatic carbocycles. The summed E-state index contributed by atoms with van der Waals surface area (Å²) in [4.78, 5) is 0. The van der Waals surface area contributed by atoms with Crippen LogP contribution in [0.2, 0.25) is 0 Å². The maximum atomic E-state index is 5.63. The van der Waals surface area contributed by atoms with E-state index in [2.05, 4.69) is 26.1 Å². The number of hydrogen-bond donors (Lipinski definition) is 1. The zero-order valence-corrected chi connectivity index (χ0v) is 9.34. The van der Waals surface area contributed by atoms with E-state index in [1.807, 2.05) is 7.05 Å². The van der Waals surface area contributed by atoms with Crippen molar-refractivity contribution in [1.82, 2.24) is 5.32 Å². The number of rotatable bonds is 6. The molecule has 13 heavy (non-hydrogen) atoms. The predicted octanol–water partition coefficient (Wildman–Crippen LogP) is 2.05. The minimum atomic E-state index is 0.349. The van der Waals surface area contributed by atoms with Crippen LogP contribution in [0.25, 0.3) is 0 Å². The van der Waals surface area contributed by atoms with Crippen LogP contribution in [-0.4, -0.2) is 25.8 Å². The van der Waals surface area contributed by atoms with Crippen LogP contribution in [0, 0.1) is 11.8 Å². The van der Waals surface area contributed by atoms with Crippen molar-refractivity contribution in [2.75, 3.05) is 13.7 Å². The van der Waals surface area contributed by atoms with Gasteiger partial charge in [0.05, 0.1) is 12.7 Å². The fourth-order valence-electron chi connectivity index (χ4n) is 1.74. The fourth-order valence-corrected chi connectivity index (χ4v) is 1.74. The summed E-state index contributed by atoms with van der Waals surface area (Å²) in [7, 11) is 2.03. The van der Waals surface area contributed by atoms with Gasteiger partial charge in [0, 0.05) is 6.04 Å². The topological polar surface area (TPSA) is 21.3 Å². The highest BCUT2D eigenvalue weighted by atomic mass is 16.5. The number of likely N-dealkylation sites (N-methyl/N-ethyl adjacent to an activating group) is 1. The Morgan fingerprint density at radius 2 is 1.92 bits per heavy atom. The van der Waals surface area contributed by atoms with Crippen molar-refractivity contribution in [1.29, 1.82) is 0 Å². The van der Waals surface area contributed by atoms with Crippen LogP contribution >= 0.6 is 0 Å². The zero-order chi connectivity index (χ0) is 9.84. The molecule has 0 radical (unpaired) electrons. The van der Waals surface area contributed by atoms with Gasteiger partial charge < -0.3 is 10.1 Å². The summed E-state index contributed by atoms with van der Waals surface area (Å²) < 4.78 is 5.63. The van der Waals surface area contributed by atoms with Gasteiger partial charge in [-0.2, -0.15) is 0 Å². The Labute approximate surface area is 82.0 Å². The molecule has 1 saturated carbocycles. The molecule has 1 N–H and O–H groups in total. The first-order valence-corrected chi connectivity index (χ1v) is 5.44. The number of nitrogens with one attached hydrogen (secondary N) is 1. The third-order valence-electron chi connectivity index (χ3n) is 2.98. The van der Waals surface area contributed by atoms with Gasteiger partial charge in [-0.15, -0.1) is 0 Å². The highest BCUT2D eigenvalue weighted by Crippen LogP contribution is 2.38. The SMILES string of the molecule is CNC(COC(C)C)C(C)C1CC1. The third kappa shape index (κ3) is 3.65. The van der Waals surface area contributed by atoms with E-state index in [1.54, 1.807) is 0 Å². The first kappa shape index (κ1) is 11.0. The van der Waals surface area contributed by atoms with E-state index in [4.69, 9.17) is 4.74 Å². The van der Waals surface area contributed by atoms with Crippen molar-refractivity contribution in [3.05, 3.63) is 0 Å². The molecule has 2 unspecified atom stereocenters. The number of hydrogen-bond acceptors (Lipinski definition) is 2. The molecule has 0 spiro atoms. The lowest BCUT2D eigenvalue weighted by Crippen LogP contribution is -2.38. The second-order valence-electron chi connectivity index (χ2n) is 4.47. The van der Waals surface area contributed by atoms with Crippen LogP contribution in [0.4, 0.5) is 0 Å². The van der Waals surface area contributed by atoms with Gasteiger partial charge in [0.15, 0.2) is 0 Å². The van der Waals surface area contributed by atoms with E-state index in [-0.39, 0.29) is 0 Å². The van der Waals surface area contributed by atoms with Gasteiger partial charge in [-0.05, 0) is 45.6 Å². The summed E-state index contributed by atoms with van der Waals surface area (Å²) in [6.45, 7) is 7.37. The molecule has 0 aromatic carbocycles. The lowest BCUT2D eigenvalue weighted by Gasteiger charge is -2.24. The van der Waals surface area contributed by atoms with E-state index >= 15 is 0 Å². The second-order valence-corrected chi connectivity index (χ2v) is 4.47. The van der Waals surface area contributed by atoms with Gasteiger partial charge in [-0.3, -0.25) is 0 Å². The van der Waals surface area contributed by atoms with Crippen LogP contribution in [0.1, 0.15) is 33.6 Å². The molecule has 0 aliphatic heterocycles. The second kappa shape index (κ2) is 4.97. The molecule has 1 aliphatic rings. The summed E-state index contributed by atoms with van der Waals surface area (Å²) in [5, 5.41) is 3.35. The highest BCUT2D eigenvalue weighted by Gasteiger charge is 2.32. The molecule has 2 atom stereocenters. The minimum absolute atomic E-state index is 0.349. The van der Waals surface area contributed by atoms with Crippen molar-refractivity contribution in [3.63, 3.8) is 0 Å². The van der Waals surface area contributed by atoms with E-state index < -0.39 is 0 Å². The molecule has 1 rings (SSSR count). The third-order valence-corrected chi connectivity index (χ3v) is 2.98. The van der Waals surface area contributed by atoms with Crippen LogP contribution in [0.3, 0.4) is 0 Å². The molecule has 0 amide bonds. The van der Waals surface area contributed by atoms with Crippen LogP contribution in [0.15, 0.2) is 0 Å². The molecule has 1 fully saturated rings. The molecule has 0 saturated heterocycles. The lowest BCUT2D eigenvalue weighted by molar-refractivity contribution is 0.0494. The van der Waals surface area contributed by atoms with Gasteiger partial charge in [0.2, 0.25) is 0 Å². The average molecular weight is 185 g/mol. The van der Waals surface area contributed by atoms with Crippen molar-refractivity contribution in [3.8, 4) is 0 Å². The predicted molar refractivity (Wildman–Crippen MR) is 55.8 cm³/mol. The molecule has 0 heterocycles. The summed E-state index contributed by atoms with van der Waals surface area (Å²) >= 11 is 0. The summed E-state index contributed by atoms with van der Waals surface area (Å²) in [6, 6.07) is 0.537. The normalized spacial score (nSPS) is 21.9. The zero-order valence-electron chi connectivity index (χ0n) is 9.34. The van der Waals surface area contributed by atoms with E-state index in [0.29, 0.717) is 12.1 Å². The summed E-state index contributed by atoms with van der Waals surface area (Å²) in [6.07, 6.45) is 3.18. The first-order valence-electron chi connectivity index (χ1n) is 5.44. The van der Waals surface area contributed by atoms with Crippen molar-refractivity contribution < 1.29 is 4.74 Å². The highest BCUT2D eigenvalue weighted by molar-refractivity contribution is 4.85.